The van der Waals surface area contributed by atoms with Crippen LogP contribution >= 0.6 is 0 Å². The summed E-state index contributed by atoms with van der Waals surface area (Å²) in [5.74, 6) is -0.427. The number of rotatable bonds is 3. The monoisotopic (exact) mass is 307 g/mol. The molecule has 0 radical (unpaired) electrons. The zero-order valence-corrected chi connectivity index (χ0v) is 12.4. The molecule has 1 heterocycles. The molecule has 0 saturated heterocycles. The van der Waals surface area contributed by atoms with E-state index in [0.29, 0.717) is 18.5 Å². The van der Waals surface area contributed by atoms with Crippen molar-refractivity contribution < 1.29 is 9.18 Å². The van der Waals surface area contributed by atoms with Crippen LogP contribution in [0.4, 0.5) is 4.39 Å². The Labute approximate surface area is 133 Å². The van der Waals surface area contributed by atoms with Crippen molar-refractivity contribution in [2.75, 3.05) is 6.54 Å². The van der Waals surface area contributed by atoms with Gasteiger partial charge < -0.3 is 0 Å². The molecule has 2 aromatic rings. The zero-order chi connectivity index (χ0) is 16.2. The Balaban J connectivity index is 1.69. The van der Waals surface area contributed by atoms with Crippen molar-refractivity contribution in [3.63, 3.8) is 0 Å². The standard InChI is InChI=1S/C18H14FN3O/c19-16-7-3-13(4-8-16)11-18(23)22-10-9-17(21-22)15-5-1-14(12-20)2-6-15/h1-8H,9-11H2. The molecule has 3 rings (SSSR count). The predicted molar refractivity (Wildman–Crippen MR) is 84.1 cm³/mol. The van der Waals surface area contributed by atoms with Crippen molar-refractivity contribution in [2.45, 2.75) is 12.8 Å². The normalized spacial score (nSPS) is 13.6. The van der Waals surface area contributed by atoms with Gasteiger partial charge >= 0.3 is 0 Å². The van der Waals surface area contributed by atoms with Gasteiger partial charge in [0.15, 0.2) is 0 Å². The summed E-state index contributed by atoms with van der Waals surface area (Å²) in [6.45, 7) is 0.537. The second-order valence-corrected chi connectivity index (χ2v) is 5.31. The van der Waals surface area contributed by atoms with Crippen LogP contribution in [-0.4, -0.2) is 23.2 Å². The molecule has 5 heteroatoms. The summed E-state index contributed by atoms with van der Waals surface area (Å²) in [6, 6.07) is 15.1. The molecule has 1 aliphatic rings. The summed E-state index contributed by atoms with van der Waals surface area (Å²) in [6.07, 6.45) is 0.880. The van der Waals surface area contributed by atoms with Crippen LogP contribution in [0.3, 0.4) is 0 Å². The third-order valence-corrected chi connectivity index (χ3v) is 3.71. The van der Waals surface area contributed by atoms with Gasteiger partial charge in [-0.1, -0.05) is 24.3 Å². The predicted octanol–water partition coefficient (Wildman–Crippen LogP) is 2.88. The van der Waals surface area contributed by atoms with Gasteiger partial charge in [-0.05, 0) is 35.4 Å². The lowest BCUT2D eigenvalue weighted by Gasteiger charge is -2.11. The molecule has 114 valence electrons. The molecule has 0 unspecified atom stereocenters. The van der Waals surface area contributed by atoms with Crippen LogP contribution in [0.25, 0.3) is 0 Å². The summed E-state index contributed by atoms with van der Waals surface area (Å²) in [5, 5.41) is 14.6. The topological polar surface area (TPSA) is 56.5 Å². The van der Waals surface area contributed by atoms with Crippen molar-refractivity contribution in [3.8, 4) is 6.07 Å². The van der Waals surface area contributed by atoms with E-state index >= 15 is 0 Å². The molecule has 0 aliphatic carbocycles. The summed E-state index contributed by atoms with van der Waals surface area (Å²) in [5.41, 5.74) is 3.11. The Bertz CT molecular complexity index is 789. The fourth-order valence-corrected chi connectivity index (χ4v) is 2.45. The van der Waals surface area contributed by atoms with Gasteiger partial charge in [-0.25, -0.2) is 9.40 Å². The molecule has 0 spiro atoms. The number of carbonyl (C=O) groups is 1. The highest BCUT2D eigenvalue weighted by Gasteiger charge is 2.21. The molecule has 0 saturated carbocycles. The molecule has 0 fully saturated rings. The average Bonchev–Trinajstić information content (AvgIpc) is 3.07. The van der Waals surface area contributed by atoms with E-state index in [4.69, 9.17) is 5.26 Å². The van der Waals surface area contributed by atoms with Crippen LogP contribution in [0.5, 0.6) is 0 Å². The molecular formula is C18H14FN3O. The average molecular weight is 307 g/mol. The van der Waals surface area contributed by atoms with Crippen LogP contribution in [0.2, 0.25) is 0 Å². The fourth-order valence-electron chi connectivity index (χ4n) is 2.45. The first-order chi connectivity index (χ1) is 11.2. The first-order valence-electron chi connectivity index (χ1n) is 7.28. The smallest absolute Gasteiger partial charge is 0.247 e. The number of amides is 1. The number of nitrogens with zero attached hydrogens (tertiary/aromatic N) is 3. The molecule has 1 aliphatic heterocycles. The Morgan fingerprint density at radius 1 is 1.17 bits per heavy atom. The zero-order valence-electron chi connectivity index (χ0n) is 12.4. The van der Waals surface area contributed by atoms with Crippen LogP contribution in [0.15, 0.2) is 53.6 Å². The lowest BCUT2D eigenvalue weighted by atomic mass is 10.1. The lowest BCUT2D eigenvalue weighted by molar-refractivity contribution is -0.130. The van der Waals surface area contributed by atoms with E-state index in [1.807, 2.05) is 12.1 Å². The number of hydrazone groups is 1. The maximum atomic E-state index is 12.9. The Kier molecular flexibility index (Phi) is 4.15. The minimum Gasteiger partial charge on any atom is -0.273 e. The Morgan fingerprint density at radius 2 is 1.87 bits per heavy atom. The molecule has 2 aromatic carbocycles. The number of hydrogen-bond acceptors (Lipinski definition) is 3. The first-order valence-corrected chi connectivity index (χ1v) is 7.28. The second kappa shape index (κ2) is 6.41. The molecule has 0 bridgehead atoms. The molecule has 1 amide bonds. The van der Waals surface area contributed by atoms with Crippen LogP contribution in [-0.2, 0) is 11.2 Å². The van der Waals surface area contributed by atoms with E-state index in [1.165, 1.54) is 17.1 Å². The molecule has 0 N–H and O–H groups in total. The van der Waals surface area contributed by atoms with Gasteiger partial charge in [0.05, 0.1) is 30.3 Å². The minimum atomic E-state index is -0.316. The van der Waals surface area contributed by atoms with E-state index in [2.05, 4.69) is 11.2 Å². The number of hydrogen-bond donors (Lipinski definition) is 0. The summed E-state index contributed by atoms with van der Waals surface area (Å²) in [4.78, 5) is 12.3. The SMILES string of the molecule is N#Cc1ccc(C2=NN(C(=O)Cc3ccc(F)cc3)CC2)cc1. The van der Waals surface area contributed by atoms with Gasteiger partial charge in [-0.3, -0.25) is 4.79 Å². The van der Waals surface area contributed by atoms with Crippen LogP contribution in [0.1, 0.15) is 23.1 Å². The van der Waals surface area contributed by atoms with E-state index in [1.54, 1.807) is 24.3 Å². The maximum Gasteiger partial charge on any atom is 0.247 e. The third kappa shape index (κ3) is 3.43. The maximum absolute atomic E-state index is 12.9. The van der Waals surface area contributed by atoms with Crippen molar-refractivity contribution in [3.05, 3.63) is 71.0 Å². The minimum absolute atomic E-state index is 0.111. The van der Waals surface area contributed by atoms with Crippen LogP contribution < -0.4 is 0 Å². The summed E-state index contributed by atoms with van der Waals surface area (Å²) >= 11 is 0. The van der Waals surface area contributed by atoms with E-state index in [-0.39, 0.29) is 18.1 Å². The highest BCUT2D eigenvalue weighted by molar-refractivity contribution is 6.02. The van der Waals surface area contributed by atoms with E-state index < -0.39 is 0 Å². The number of carbonyl (C=O) groups excluding carboxylic acids is 1. The van der Waals surface area contributed by atoms with Crippen molar-refractivity contribution in [1.82, 2.24) is 5.01 Å². The highest BCUT2D eigenvalue weighted by atomic mass is 19.1. The fraction of sp³-hybridized carbons (Fsp3) is 0.167. The Morgan fingerprint density at radius 3 is 2.52 bits per heavy atom. The second-order valence-electron chi connectivity index (χ2n) is 5.31. The number of halogens is 1. The third-order valence-electron chi connectivity index (χ3n) is 3.71. The van der Waals surface area contributed by atoms with Crippen LogP contribution in [0, 0.1) is 17.1 Å². The molecular weight excluding hydrogens is 293 g/mol. The first kappa shape index (κ1) is 14.9. The highest BCUT2D eigenvalue weighted by Crippen LogP contribution is 2.16. The molecule has 0 atom stereocenters. The van der Waals surface area contributed by atoms with Gasteiger partial charge in [-0.15, -0.1) is 0 Å². The van der Waals surface area contributed by atoms with Crippen molar-refractivity contribution in [1.29, 1.82) is 5.26 Å². The quantitative estimate of drug-likeness (QED) is 0.875. The van der Waals surface area contributed by atoms with E-state index in [9.17, 15) is 9.18 Å². The largest absolute Gasteiger partial charge is 0.273 e. The molecule has 23 heavy (non-hydrogen) atoms. The van der Waals surface area contributed by atoms with Gasteiger partial charge in [0.25, 0.3) is 0 Å². The Hall–Kier alpha value is -3.00. The van der Waals surface area contributed by atoms with Gasteiger partial charge in [0.1, 0.15) is 5.82 Å². The lowest BCUT2D eigenvalue weighted by Crippen LogP contribution is -2.25. The van der Waals surface area contributed by atoms with Crippen molar-refractivity contribution in [2.24, 2.45) is 5.10 Å². The number of benzene rings is 2. The van der Waals surface area contributed by atoms with Crippen molar-refractivity contribution >= 4 is 11.6 Å². The van der Waals surface area contributed by atoms with Gasteiger partial charge in [-0.2, -0.15) is 10.4 Å². The summed E-state index contributed by atoms with van der Waals surface area (Å²) < 4.78 is 12.9. The van der Waals surface area contributed by atoms with Gasteiger partial charge in [0.2, 0.25) is 5.91 Å². The molecule has 0 aromatic heterocycles. The summed E-state index contributed by atoms with van der Waals surface area (Å²) in [7, 11) is 0. The number of nitriles is 1. The van der Waals surface area contributed by atoms with Gasteiger partial charge in [0, 0.05) is 6.42 Å². The molecule has 4 nitrogen and oxygen atoms in total. The van der Waals surface area contributed by atoms with E-state index in [0.717, 1.165) is 16.8 Å².